The van der Waals surface area contributed by atoms with Gasteiger partial charge in [-0.2, -0.15) is 0 Å². The second-order valence-electron chi connectivity index (χ2n) is 3.56. The molecule has 17 heavy (non-hydrogen) atoms. The Balaban J connectivity index is 2.92. The van der Waals surface area contributed by atoms with Crippen molar-refractivity contribution in [3.8, 4) is 5.75 Å². The minimum Gasteiger partial charge on any atom is -0.496 e. The van der Waals surface area contributed by atoms with Gasteiger partial charge in [-0.15, -0.1) is 0 Å². The van der Waals surface area contributed by atoms with Crippen LogP contribution in [0.1, 0.15) is 29.3 Å². The van der Waals surface area contributed by atoms with Crippen LogP contribution in [0.4, 0.5) is 0 Å². The zero-order chi connectivity index (χ0) is 12.8. The van der Waals surface area contributed by atoms with E-state index in [1.54, 1.807) is 25.3 Å². The van der Waals surface area contributed by atoms with E-state index in [-0.39, 0.29) is 12.2 Å². The van der Waals surface area contributed by atoms with Crippen LogP contribution in [0.3, 0.4) is 0 Å². The second-order valence-corrected chi connectivity index (χ2v) is 3.56. The summed E-state index contributed by atoms with van der Waals surface area (Å²) in [6.07, 6.45) is 0.536. The number of aryl methyl sites for hydroxylation is 1. The Morgan fingerprint density at radius 3 is 2.47 bits per heavy atom. The molecule has 0 aliphatic heterocycles. The fourth-order valence-electron chi connectivity index (χ4n) is 1.53. The largest absolute Gasteiger partial charge is 0.496 e. The molecule has 4 nitrogen and oxygen atoms in total. The highest BCUT2D eigenvalue weighted by atomic mass is 16.5. The number of hydrogen-bond acceptors (Lipinski definition) is 4. The van der Waals surface area contributed by atoms with Crippen LogP contribution in [0.25, 0.3) is 0 Å². The van der Waals surface area contributed by atoms with Crippen LogP contribution in [0.2, 0.25) is 0 Å². The van der Waals surface area contributed by atoms with Crippen molar-refractivity contribution in [2.75, 3.05) is 14.2 Å². The molecule has 1 aromatic carbocycles. The molecule has 92 valence electrons. The third-order valence-electron chi connectivity index (χ3n) is 2.52. The molecule has 0 bridgehead atoms. The normalized spacial score (nSPS) is 9.82. The summed E-state index contributed by atoms with van der Waals surface area (Å²) in [5, 5.41) is 0. The topological polar surface area (TPSA) is 52.6 Å². The van der Waals surface area contributed by atoms with Crippen LogP contribution >= 0.6 is 0 Å². The van der Waals surface area contributed by atoms with Crippen molar-refractivity contribution in [1.82, 2.24) is 0 Å². The van der Waals surface area contributed by atoms with E-state index in [9.17, 15) is 9.59 Å². The molecule has 0 saturated heterocycles. The number of methoxy groups -OCH3 is 2. The van der Waals surface area contributed by atoms with Crippen molar-refractivity contribution in [2.45, 2.75) is 19.8 Å². The Hall–Kier alpha value is -1.84. The molecule has 0 saturated carbocycles. The Morgan fingerprint density at radius 1 is 1.24 bits per heavy atom. The van der Waals surface area contributed by atoms with Gasteiger partial charge in [0.2, 0.25) is 0 Å². The molecule has 0 unspecified atom stereocenters. The van der Waals surface area contributed by atoms with E-state index in [1.807, 2.05) is 6.92 Å². The zero-order valence-electron chi connectivity index (χ0n) is 10.3. The van der Waals surface area contributed by atoms with Gasteiger partial charge in [-0.1, -0.05) is 6.92 Å². The van der Waals surface area contributed by atoms with Gasteiger partial charge >= 0.3 is 5.97 Å². The predicted molar refractivity (Wildman–Crippen MR) is 63.3 cm³/mol. The molecule has 0 heterocycles. The van der Waals surface area contributed by atoms with Crippen LogP contribution in [0.5, 0.6) is 5.75 Å². The first-order valence-corrected chi connectivity index (χ1v) is 5.39. The lowest BCUT2D eigenvalue weighted by Crippen LogP contribution is -2.10. The maximum absolute atomic E-state index is 11.7. The Bertz CT molecular complexity index is 423. The molecule has 0 radical (unpaired) electrons. The highest BCUT2D eigenvalue weighted by Gasteiger charge is 2.13. The number of hydrogen-bond donors (Lipinski definition) is 0. The first-order chi connectivity index (χ1) is 8.12. The van der Waals surface area contributed by atoms with E-state index in [4.69, 9.17) is 4.74 Å². The van der Waals surface area contributed by atoms with E-state index in [1.165, 1.54) is 7.11 Å². The standard InChI is InChI=1S/C13H16O4/c1-4-9-7-10(5-6-12(9)16-2)11(14)8-13(15)17-3/h5-7H,4,8H2,1-3H3. The molecule has 0 aliphatic rings. The van der Waals surface area contributed by atoms with Gasteiger partial charge in [0.1, 0.15) is 12.2 Å². The van der Waals surface area contributed by atoms with Crippen LogP contribution in [-0.2, 0) is 16.0 Å². The summed E-state index contributed by atoms with van der Waals surface area (Å²) in [4.78, 5) is 22.7. The van der Waals surface area contributed by atoms with Gasteiger partial charge in [0.05, 0.1) is 14.2 Å². The van der Waals surface area contributed by atoms with Gasteiger partial charge < -0.3 is 9.47 Å². The van der Waals surface area contributed by atoms with Crippen LogP contribution in [-0.4, -0.2) is 26.0 Å². The van der Waals surface area contributed by atoms with E-state index in [0.29, 0.717) is 5.56 Å². The molecule has 0 aromatic heterocycles. The molecule has 1 aromatic rings. The average Bonchev–Trinajstić information content (AvgIpc) is 2.37. The second kappa shape index (κ2) is 6.03. The number of esters is 1. The van der Waals surface area contributed by atoms with Crippen molar-refractivity contribution in [2.24, 2.45) is 0 Å². The third kappa shape index (κ3) is 3.31. The molecule has 0 spiro atoms. The molecular weight excluding hydrogens is 220 g/mol. The first-order valence-electron chi connectivity index (χ1n) is 5.39. The Kier molecular flexibility index (Phi) is 4.69. The summed E-state index contributed by atoms with van der Waals surface area (Å²) in [5.74, 6) is -0.0137. The van der Waals surface area contributed by atoms with Gasteiger partial charge in [-0.05, 0) is 30.2 Å². The number of rotatable bonds is 5. The van der Waals surface area contributed by atoms with Crippen LogP contribution in [0.15, 0.2) is 18.2 Å². The highest BCUT2D eigenvalue weighted by molar-refractivity contribution is 6.06. The van der Waals surface area contributed by atoms with Crippen molar-refractivity contribution >= 4 is 11.8 Å². The van der Waals surface area contributed by atoms with Crippen molar-refractivity contribution in [1.29, 1.82) is 0 Å². The van der Waals surface area contributed by atoms with Crippen LogP contribution < -0.4 is 4.74 Å². The number of ketones is 1. The Labute approximate surface area is 101 Å². The SMILES string of the molecule is CCc1cc(C(=O)CC(=O)OC)ccc1OC. The summed E-state index contributed by atoms with van der Waals surface area (Å²) < 4.78 is 9.63. The summed E-state index contributed by atoms with van der Waals surface area (Å²) in [5.41, 5.74) is 1.45. The maximum Gasteiger partial charge on any atom is 0.313 e. The third-order valence-corrected chi connectivity index (χ3v) is 2.52. The molecule has 0 fully saturated rings. The minimum absolute atomic E-state index is 0.230. The highest BCUT2D eigenvalue weighted by Crippen LogP contribution is 2.21. The number of carbonyl (C=O) groups is 2. The molecule has 0 N–H and O–H groups in total. The van der Waals surface area contributed by atoms with E-state index in [2.05, 4.69) is 4.74 Å². The van der Waals surface area contributed by atoms with Crippen LogP contribution in [0, 0.1) is 0 Å². The van der Waals surface area contributed by atoms with E-state index < -0.39 is 5.97 Å². The average molecular weight is 236 g/mol. The zero-order valence-corrected chi connectivity index (χ0v) is 10.3. The summed E-state index contributed by atoms with van der Waals surface area (Å²) in [6, 6.07) is 5.15. The van der Waals surface area contributed by atoms with Crippen molar-refractivity contribution < 1.29 is 19.1 Å². The number of benzene rings is 1. The smallest absolute Gasteiger partial charge is 0.313 e. The number of Topliss-reactive ketones (excluding diaryl/α,β-unsaturated/α-hetero) is 1. The maximum atomic E-state index is 11.7. The molecule has 0 aliphatic carbocycles. The van der Waals surface area contributed by atoms with Gasteiger partial charge in [0.15, 0.2) is 5.78 Å². The van der Waals surface area contributed by atoms with Crippen molar-refractivity contribution in [3.05, 3.63) is 29.3 Å². The lowest BCUT2D eigenvalue weighted by Gasteiger charge is -2.08. The van der Waals surface area contributed by atoms with E-state index >= 15 is 0 Å². The quantitative estimate of drug-likeness (QED) is 0.446. The fraction of sp³-hybridized carbons (Fsp3) is 0.385. The summed E-state index contributed by atoms with van der Waals surface area (Å²) in [6.45, 7) is 1.98. The van der Waals surface area contributed by atoms with Gasteiger partial charge in [-0.25, -0.2) is 0 Å². The molecule has 0 atom stereocenters. The Morgan fingerprint density at radius 2 is 1.94 bits per heavy atom. The molecular formula is C13H16O4. The monoisotopic (exact) mass is 236 g/mol. The fourth-order valence-corrected chi connectivity index (χ4v) is 1.53. The van der Waals surface area contributed by atoms with E-state index in [0.717, 1.165) is 17.7 Å². The van der Waals surface area contributed by atoms with Gasteiger partial charge in [-0.3, -0.25) is 9.59 Å². The molecule has 4 heteroatoms. The lowest BCUT2D eigenvalue weighted by molar-refractivity contribution is -0.139. The predicted octanol–water partition coefficient (Wildman–Crippen LogP) is 2.00. The molecule has 1 rings (SSSR count). The van der Waals surface area contributed by atoms with Crippen molar-refractivity contribution in [3.63, 3.8) is 0 Å². The van der Waals surface area contributed by atoms with Gasteiger partial charge in [0.25, 0.3) is 0 Å². The minimum atomic E-state index is -0.524. The summed E-state index contributed by atoms with van der Waals surface area (Å²) >= 11 is 0. The molecule has 0 amide bonds. The first kappa shape index (κ1) is 13.2. The number of ether oxygens (including phenoxy) is 2. The summed E-state index contributed by atoms with van der Waals surface area (Å²) in [7, 11) is 2.85. The number of carbonyl (C=O) groups excluding carboxylic acids is 2. The van der Waals surface area contributed by atoms with Gasteiger partial charge in [0, 0.05) is 5.56 Å². The lowest BCUT2D eigenvalue weighted by atomic mass is 10.0.